The molecule has 1 aliphatic heterocycles. The van der Waals surface area contributed by atoms with E-state index in [9.17, 15) is 14.4 Å². The van der Waals surface area contributed by atoms with E-state index >= 15 is 0 Å². The summed E-state index contributed by atoms with van der Waals surface area (Å²) in [6, 6.07) is 14.3. The number of halogens is 1. The summed E-state index contributed by atoms with van der Waals surface area (Å²) in [6.45, 7) is 3.51. The Bertz CT molecular complexity index is 1100. The van der Waals surface area contributed by atoms with E-state index in [2.05, 4.69) is 33.5 Å². The van der Waals surface area contributed by atoms with Crippen LogP contribution in [0.15, 0.2) is 53.0 Å². The van der Waals surface area contributed by atoms with Gasteiger partial charge in [-0.25, -0.2) is 0 Å². The van der Waals surface area contributed by atoms with E-state index in [1.54, 1.807) is 23.1 Å². The predicted octanol–water partition coefficient (Wildman–Crippen LogP) is 4.01. The standard InChI is InChI=1S/C27H32BrN3O5S/c1-2-3-15-35-23-12-11-20(28)17-21(23)25(33)30-27(37)31-14-13-29-26(34)22(31)18-24(32)36-16-7-10-19-8-5-4-6-9-19/h4-6,8-9,11-12,17,22H,2-3,7,10,13-16,18H2,1H3,(H,29,34)(H,30,33,37). The van der Waals surface area contributed by atoms with Crippen LogP contribution >= 0.6 is 28.1 Å². The molecular weight excluding hydrogens is 558 g/mol. The molecule has 1 unspecified atom stereocenters. The third-order valence-corrected chi connectivity index (χ3v) is 6.66. The molecule has 0 saturated carbocycles. The van der Waals surface area contributed by atoms with Gasteiger partial charge >= 0.3 is 5.97 Å². The van der Waals surface area contributed by atoms with Gasteiger partial charge in [-0.2, -0.15) is 0 Å². The number of hydrogen-bond acceptors (Lipinski definition) is 6. The van der Waals surface area contributed by atoms with Crippen LogP contribution in [0.4, 0.5) is 0 Å². The van der Waals surface area contributed by atoms with Gasteiger partial charge < -0.3 is 19.7 Å². The fourth-order valence-corrected chi connectivity index (χ4v) is 4.53. The van der Waals surface area contributed by atoms with Crippen molar-refractivity contribution in [2.24, 2.45) is 0 Å². The number of unbranched alkanes of at least 4 members (excludes halogenated alkanes) is 1. The smallest absolute Gasteiger partial charge is 0.308 e. The van der Waals surface area contributed by atoms with Crippen LogP contribution in [-0.4, -0.2) is 60.1 Å². The minimum atomic E-state index is -0.869. The Morgan fingerprint density at radius 2 is 1.95 bits per heavy atom. The molecule has 0 spiro atoms. The number of rotatable bonds is 11. The number of benzene rings is 2. The molecule has 0 radical (unpaired) electrons. The van der Waals surface area contributed by atoms with E-state index in [-0.39, 0.29) is 24.0 Å². The summed E-state index contributed by atoms with van der Waals surface area (Å²) in [5.74, 6) is -0.835. The molecule has 0 aliphatic carbocycles. The molecule has 2 aromatic carbocycles. The second-order valence-corrected chi connectivity index (χ2v) is 9.92. The highest BCUT2D eigenvalue weighted by atomic mass is 79.9. The number of aryl methyl sites for hydroxylation is 1. The maximum Gasteiger partial charge on any atom is 0.308 e. The third-order valence-electron chi connectivity index (χ3n) is 5.83. The Hall–Kier alpha value is -2.98. The lowest BCUT2D eigenvalue weighted by Crippen LogP contribution is -2.60. The van der Waals surface area contributed by atoms with Crippen LogP contribution in [-0.2, 0) is 20.7 Å². The molecule has 10 heteroatoms. The van der Waals surface area contributed by atoms with Crippen LogP contribution in [0.25, 0.3) is 0 Å². The Morgan fingerprint density at radius 1 is 1.16 bits per heavy atom. The Labute approximate surface area is 231 Å². The number of piperazine rings is 1. The predicted molar refractivity (Wildman–Crippen MR) is 148 cm³/mol. The van der Waals surface area contributed by atoms with Crippen molar-refractivity contribution in [3.63, 3.8) is 0 Å². The molecular formula is C27H32BrN3O5S. The number of ether oxygens (including phenoxy) is 2. The molecule has 1 heterocycles. The van der Waals surface area contributed by atoms with Gasteiger partial charge in [0.15, 0.2) is 5.11 Å². The van der Waals surface area contributed by atoms with Crippen molar-refractivity contribution in [3.05, 3.63) is 64.1 Å². The molecule has 2 N–H and O–H groups in total. The topological polar surface area (TPSA) is 97.0 Å². The molecule has 2 aromatic rings. The molecule has 3 rings (SSSR count). The van der Waals surface area contributed by atoms with Gasteiger partial charge in [0.05, 0.1) is 25.2 Å². The van der Waals surface area contributed by atoms with Crippen molar-refractivity contribution >= 4 is 51.0 Å². The highest BCUT2D eigenvalue weighted by Crippen LogP contribution is 2.24. The Kier molecular flexibility index (Phi) is 11.3. The summed E-state index contributed by atoms with van der Waals surface area (Å²) in [5, 5.41) is 5.53. The van der Waals surface area contributed by atoms with Crippen LogP contribution in [0.1, 0.15) is 48.5 Å². The van der Waals surface area contributed by atoms with E-state index in [0.29, 0.717) is 37.4 Å². The zero-order valence-corrected chi connectivity index (χ0v) is 23.2. The number of carbonyl (C=O) groups excluding carboxylic acids is 3. The van der Waals surface area contributed by atoms with Gasteiger partial charge in [0.25, 0.3) is 5.91 Å². The monoisotopic (exact) mass is 589 g/mol. The molecule has 8 nitrogen and oxygen atoms in total. The number of nitrogens with one attached hydrogen (secondary N) is 2. The summed E-state index contributed by atoms with van der Waals surface area (Å²) in [6.07, 6.45) is 3.13. The Morgan fingerprint density at radius 3 is 2.70 bits per heavy atom. The van der Waals surface area contributed by atoms with Crippen LogP contribution in [0.2, 0.25) is 0 Å². The molecule has 1 fully saturated rings. The molecule has 0 bridgehead atoms. The number of carbonyl (C=O) groups is 3. The number of hydrogen-bond donors (Lipinski definition) is 2. The van der Waals surface area contributed by atoms with Crippen molar-refractivity contribution in [2.45, 2.75) is 45.1 Å². The molecule has 198 valence electrons. The first-order valence-corrected chi connectivity index (χ1v) is 13.6. The van der Waals surface area contributed by atoms with E-state index in [1.807, 2.05) is 30.3 Å². The average Bonchev–Trinajstić information content (AvgIpc) is 2.89. The van der Waals surface area contributed by atoms with Crippen molar-refractivity contribution in [2.75, 3.05) is 26.3 Å². The summed E-state index contributed by atoms with van der Waals surface area (Å²) in [5.41, 5.74) is 1.49. The lowest BCUT2D eigenvalue weighted by molar-refractivity contribution is -0.147. The second-order valence-electron chi connectivity index (χ2n) is 8.62. The zero-order valence-electron chi connectivity index (χ0n) is 20.8. The second kappa shape index (κ2) is 14.7. The lowest BCUT2D eigenvalue weighted by Gasteiger charge is -2.36. The van der Waals surface area contributed by atoms with E-state index in [4.69, 9.17) is 21.7 Å². The van der Waals surface area contributed by atoms with E-state index < -0.39 is 17.9 Å². The Balaban J connectivity index is 1.57. The first-order chi connectivity index (χ1) is 17.9. The summed E-state index contributed by atoms with van der Waals surface area (Å²) < 4.78 is 11.9. The molecule has 1 aliphatic rings. The normalized spacial score (nSPS) is 15.0. The van der Waals surface area contributed by atoms with E-state index in [0.717, 1.165) is 23.7 Å². The van der Waals surface area contributed by atoms with Gasteiger partial charge in [-0.15, -0.1) is 0 Å². The van der Waals surface area contributed by atoms with Crippen LogP contribution < -0.4 is 15.4 Å². The number of esters is 1. The number of nitrogens with zero attached hydrogens (tertiary/aromatic N) is 1. The number of amides is 2. The highest BCUT2D eigenvalue weighted by molar-refractivity contribution is 9.10. The maximum absolute atomic E-state index is 13.1. The first kappa shape index (κ1) is 28.6. The van der Waals surface area contributed by atoms with Gasteiger partial charge in [0, 0.05) is 17.6 Å². The van der Waals surface area contributed by atoms with Crippen LogP contribution in [0.3, 0.4) is 0 Å². The van der Waals surface area contributed by atoms with E-state index in [1.165, 1.54) is 5.56 Å². The minimum absolute atomic E-state index is 0.0706. The number of thiocarbonyl (C=S) groups is 1. The van der Waals surface area contributed by atoms with Crippen LogP contribution in [0.5, 0.6) is 5.75 Å². The summed E-state index contributed by atoms with van der Waals surface area (Å²) in [7, 11) is 0. The van der Waals surface area contributed by atoms with Crippen molar-refractivity contribution in [1.29, 1.82) is 0 Å². The fourth-order valence-electron chi connectivity index (χ4n) is 3.85. The van der Waals surface area contributed by atoms with Gasteiger partial charge in [-0.3, -0.25) is 19.7 Å². The average molecular weight is 591 g/mol. The van der Waals surface area contributed by atoms with Gasteiger partial charge in [-0.1, -0.05) is 59.6 Å². The molecule has 37 heavy (non-hydrogen) atoms. The molecule has 1 saturated heterocycles. The molecule has 2 amide bonds. The SMILES string of the molecule is CCCCOc1ccc(Br)cc1C(=O)NC(=S)N1CCNC(=O)C1CC(=O)OCCCc1ccccc1. The fraction of sp³-hybridized carbons (Fsp3) is 0.407. The third kappa shape index (κ3) is 8.82. The van der Waals surface area contributed by atoms with Crippen LogP contribution in [0, 0.1) is 0 Å². The summed E-state index contributed by atoms with van der Waals surface area (Å²) >= 11 is 8.87. The van der Waals surface area contributed by atoms with Gasteiger partial charge in [-0.05, 0) is 55.2 Å². The lowest BCUT2D eigenvalue weighted by atomic mass is 10.1. The minimum Gasteiger partial charge on any atom is -0.493 e. The van der Waals surface area contributed by atoms with Crippen molar-refractivity contribution in [3.8, 4) is 5.75 Å². The molecule has 1 atom stereocenters. The van der Waals surface area contributed by atoms with Crippen molar-refractivity contribution in [1.82, 2.24) is 15.5 Å². The largest absolute Gasteiger partial charge is 0.493 e. The first-order valence-electron chi connectivity index (χ1n) is 12.4. The summed E-state index contributed by atoms with van der Waals surface area (Å²) in [4.78, 5) is 39.8. The zero-order chi connectivity index (χ0) is 26.6. The molecule has 0 aromatic heterocycles. The maximum atomic E-state index is 13.1. The highest BCUT2D eigenvalue weighted by Gasteiger charge is 2.34. The van der Waals surface area contributed by atoms with Gasteiger partial charge in [0.1, 0.15) is 11.8 Å². The van der Waals surface area contributed by atoms with Gasteiger partial charge in [0.2, 0.25) is 5.91 Å². The van der Waals surface area contributed by atoms with Crippen molar-refractivity contribution < 1.29 is 23.9 Å². The quantitative estimate of drug-likeness (QED) is 0.232.